The number of methoxy groups -OCH3 is 1. The molecule has 3 aromatic carbocycles. The van der Waals surface area contributed by atoms with Gasteiger partial charge in [0.25, 0.3) is 11.8 Å². The number of pyridine rings is 1. The van der Waals surface area contributed by atoms with E-state index in [-0.39, 0.29) is 11.8 Å². The number of carbonyl (C=O) groups is 2. The number of ether oxygens (including phenoxy) is 2. The van der Waals surface area contributed by atoms with Gasteiger partial charge >= 0.3 is 0 Å². The summed E-state index contributed by atoms with van der Waals surface area (Å²) in [5.74, 6) is 1.88. The molecule has 0 radical (unpaired) electrons. The maximum Gasteiger partial charge on any atom is 0.256 e. The van der Waals surface area contributed by atoms with Crippen molar-refractivity contribution in [2.45, 2.75) is 48.0 Å². The number of hydrogen-bond donors (Lipinski definition) is 2. The molecule has 0 unspecified atom stereocenters. The number of carbonyl (C=O) groups excluding carboxylic acids is 2. The third kappa shape index (κ3) is 7.49. The number of nitrogens with zero attached hydrogens (tertiary/aromatic N) is 1. The lowest BCUT2D eigenvalue weighted by molar-refractivity contribution is 0.0952. The minimum absolute atomic E-state index is 0.193. The summed E-state index contributed by atoms with van der Waals surface area (Å²) in [5.41, 5.74) is 6.89. The first-order chi connectivity index (χ1) is 20.6. The van der Waals surface area contributed by atoms with Crippen molar-refractivity contribution in [3.8, 4) is 17.0 Å². The molecule has 0 aliphatic carbocycles. The topological polar surface area (TPSA) is 89.6 Å². The number of benzene rings is 3. The lowest BCUT2D eigenvalue weighted by Gasteiger charge is -2.15. The van der Waals surface area contributed by atoms with Gasteiger partial charge in [-0.3, -0.25) is 9.59 Å². The third-order valence-electron chi connectivity index (χ3n) is 7.17. The van der Waals surface area contributed by atoms with Crippen molar-refractivity contribution < 1.29 is 19.1 Å². The number of amides is 2. The van der Waals surface area contributed by atoms with Crippen LogP contribution in [0.4, 0.5) is 5.69 Å². The van der Waals surface area contributed by atoms with Crippen LogP contribution in [0.1, 0.15) is 66.0 Å². The quantitative estimate of drug-likeness (QED) is 0.186. The summed E-state index contributed by atoms with van der Waals surface area (Å²) in [6.45, 7) is 12.2. The summed E-state index contributed by atoms with van der Waals surface area (Å²) in [4.78, 5) is 31.4. The first-order valence-electron chi connectivity index (χ1n) is 14.3. The third-order valence-corrected chi connectivity index (χ3v) is 7.17. The van der Waals surface area contributed by atoms with Crippen molar-refractivity contribution in [3.05, 3.63) is 112 Å². The Hall–Kier alpha value is -4.91. The molecule has 0 saturated heterocycles. The summed E-state index contributed by atoms with van der Waals surface area (Å²) >= 11 is 0. The van der Waals surface area contributed by atoms with Crippen molar-refractivity contribution in [2.75, 3.05) is 19.0 Å². The number of allylic oxidation sites excluding steroid dienone is 3. The molecule has 0 spiro atoms. The highest BCUT2D eigenvalue weighted by Gasteiger charge is 2.18. The largest absolute Gasteiger partial charge is 0.496 e. The highest BCUT2D eigenvalue weighted by atomic mass is 16.5. The van der Waals surface area contributed by atoms with E-state index in [1.807, 2.05) is 78.0 Å². The van der Waals surface area contributed by atoms with Gasteiger partial charge in [-0.25, -0.2) is 4.98 Å². The number of nitrogens with one attached hydrogen (secondary N) is 2. The Balaban J connectivity index is 1.53. The fourth-order valence-corrected chi connectivity index (χ4v) is 4.81. The molecule has 0 aliphatic heterocycles. The molecule has 43 heavy (non-hydrogen) atoms. The van der Waals surface area contributed by atoms with E-state index in [4.69, 9.17) is 14.5 Å². The van der Waals surface area contributed by atoms with Crippen molar-refractivity contribution in [1.29, 1.82) is 0 Å². The zero-order chi connectivity index (χ0) is 31.1. The van der Waals surface area contributed by atoms with E-state index in [2.05, 4.69) is 16.7 Å². The van der Waals surface area contributed by atoms with Gasteiger partial charge < -0.3 is 20.1 Å². The Morgan fingerprint density at radius 3 is 2.33 bits per heavy atom. The first-order valence-corrected chi connectivity index (χ1v) is 14.3. The lowest BCUT2D eigenvalue weighted by atomic mass is 9.99. The number of aryl methyl sites for hydroxylation is 2. The molecule has 0 atom stereocenters. The molecule has 4 rings (SSSR count). The van der Waals surface area contributed by atoms with Gasteiger partial charge in [0.1, 0.15) is 11.5 Å². The summed E-state index contributed by atoms with van der Waals surface area (Å²) in [7, 11) is 1.62. The zero-order valence-corrected chi connectivity index (χ0v) is 25.9. The second-order valence-corrected chi connectivity index (χ2v) is 10.7. The van der Waals surface area contributed by atoms with Crippen LogP contribution in [0.5, 0.6) is 5.75 Å². The predicted molar refractivity (Wildman–Crippen MR) is 173 cm³/mol. The van der Waals surface area contributed by atoms with Crippen LogP contribution in [0, 0.1) is 13.8 Å². The highest BCUT2D eigenvalue weighted by Crippen LogP contribution is 2.33. The lowest BCUT2D eigenvalue weighted by Crippen LogP contribution is -2.25. The van der Waals surface area contributed by atoms with Gasteiger partial charge in [-0.1, -0.05) is 23.8 Å². The minimum atomic E-state index is -0.267. The molecule has 4 aromatic rings. The van der Waals surface area contributed by atoms with Crippen molar-refractivity contribution in [2.24, 2.45) is 0 Å². The van der Waals surface area contributed by atoms with E-state index in [0.29, 0.717) is 41.2 Å². The van der Waals surface area contributed by atoms with E-state index in [9.17, 15) is 9.59 Å². The van der Waals surface area contributed by atoms with Gasteiger partial charge in [0.05, 0.1) is 29.6 Å². The number of hydrogen-bond acceptors (Lipinski definition) is 5. The Labute approximate surface area is 253 Å². The molecule has 1 heterocycles. The van der Waals surface area contributed by atoms with E-state index in [1.54, 1.807) is 37.4 Å². The molecule has 0 aliphatic rings. The van der Waals surface area contributed by atoms with E-state index >= 15 is 0 Å². The minimum Gasteiger partial charge on any atom is -0.496 e. The number of para-hydroxylation sites is 1. The van der Waals surface area contributed by atoms with Gasteiger partial charge in [-0.2, -0.15) is 0 Å². The summed E-state index contributed by atoms with van der Waals surface area (Å²) in [6, 6.07) is 20.3. The molecule has 222 valence electrons. The Morgan fingerprint density at radius 2 is 1.65 bits per heavy atom. The molecule has 0 fully saturated rings. The van der Waals surface area contributed by atoms with Crippen LogP contribution in [0.2, 0.25) is 0 Å². The average Bonchev–Trinajstić information content (AvgIpc) is 3.00. The normalized spacial score (nSPS) is 11.2. The van der Waals surface area contributed by atoms with Crippen LogP contribution >= 0.6 is 0 Å². The second-order valence-electron chi connectivity index (χ2n) is 10.7. The predicted octanol–water partition coefficient (Wildman–Crippen LogP) is 8.13. The molecule has 7 heteroatoms. The van der Waals surface area contributed by atoms with E-state index < -0.39 is 0 Å². The van der Waals surface area contributed by atoms with E-state index in [0.717, 1.165) is 44.7 Å². The molecular weight excluding hydrogens is 538 g/mol. The SMILES string of the molecule is C/C=C(/C)OC(CCNC(=O)c1ccc(NC(=O)c2cc(-c3ccccc3OC)nc3c(C)cc(C)cc23)cc1)=C(C)C. The maximum atomic E-state index is 13.7. The van der Waals surface area contributed by atoms with Gasteiger partial charge in [0.2, 0.25) is 0 Å². The van der Waals surface area contributed by atoms with Gasteiger partial charge in [-0.05, 0) is 107 Å². The molecule has 2 N–H and O–H groups in total. The molecular formula is C36H39N3O4. The molecule has 0 bridgehead atoms. The Morgan fingerprint density at radius 1 is 0.930 bits per heavy atom. The van der Waals surface area contributed by atoms with Crippen LogP contribution < -0.4 is 15.4 Å². The molecule has 1 aromatic heterocycles. The van der Waals surface area contributed by atoms with Crippen molar-refractivity contribution in [3.63, 3.8) is 0 Å². The molecule has 7 nitrogen and oxygen atoms in total. The summed E-state index contributed by atoms with van der Waals surface area (Å²) < 4.78 is 11.4. The van der Waals surface area contributed by atoms with Crippen LogP contribution in [-0.2, 0) is 4.74 Å². The number of anilines is 1. The van der Waals surface area contributed by atoms with Gasteiger partial charge in [0.15, 0.2) is 0 Å². The first kappa shape index (κ1) is 31.0. The number of aromatic nitrogens is 1. The Bertz CT molecular complexity index is 1720. The van der Waals surface area contributed by atoms with E-state index in [1.165, 1.54) is 0 Å². The van der Waals surface area contributed by atoms with Crippen molar-refractivity contribution >= 4 is 28.4 Å². The number of fused-ring (bicyclic) bond motifs is 1. The average molecular weight is 578 g/mol. The van der Waals surface area contributed by atoms with Gasteiger partial charge in [-0.15, -0.1) is 0 Å². The van der Waals surface area contributed by atoms with Crippen LogP contribution in [0.3, 0.4) is 0 Å². The van der Waals surface area contributed by atoms with Crippen LogP contribution in [0.25, 0.3) is 22.2 Å². The fourth-order valence-electron chi connectivity index (χ4n) is 4.81. The summed E-state index contributed by atoms with van der Waals surface area (Å²) in [6.07, 6.45) is 2.49. The maximum absolute atomic E-state index is 13.7. The monoisotopic (exact) mass is 577 g/mol. The number of rotatable bonds is 10. The fraction of sp³-hybridized carbons (Fsp3) is 0.250. The molecule has 2 amide bonds. The van der Waals surface area contributed by atoms with Crippen molar-refractivity contribution in [1.82, 2.24) is 10.3 Å². The molecule has 0 saturated carbocycles. The summed E-state index contributed by atoms with van der Waals surface area (Å²) in [5, 5.41) is 6.72. The standard InChI is InChI=1S/C36H39N3O4/c1-8-25(6)43-32(22(2)3)17-18-37-35(40)26-13-15-27(16-14-26)38-36(41)30-21-31(28-11-9-10-12-33(28)42-7)39-34-24(5)19-23(4)20-29(30)34/h8-16,19-21H,17-18H2,1-7H3,(H,37,40)(H,38,41)/b25-8-. The second kappa shape index (κ2) is 13.8. The van der Waals surface area contributed by atoms with Crippen LogP contribution in [-0.4, -0.2) is 30.5 Å². The van der Waals surface area contributed by atoms with Gasteiger partial charge in [0, 0.05) is 35.2 Å². The highest BCUT2D eigenvalue weighted by molar-refractivity contribution is 6.13. The Kier molecular flexibility index (Phi) is 9.99. The van der Waals surface area contributed by atoms with Crippen LogP contribution in [0.15, 0.2) is 89.9 Å². The smallest absolute Gasteiger partial charge is 0.256 e. The zero-order valence-electron chi connectivity index (χ0n) is 25.9.